The highest BCUT2D eigenvalue weighted by atomic mass is 16.3. The molecule has 2 aromatic carbocycles. The normalized spacial score (nSPS) is 24.1. The van der Waals surface area contributed by atoms with E-state index in [1.165, 1.54) is 60.9 Å². The maximum absolute atomic E-state index is 9.35. The lowest BCUT2D eigenvalue weighted by molar-refractivity contribution is 0.174. The van der Waals surface area contributed by atoms with Gasteiger partial charge in [-0.05, 0) is 79.5 Å². The van der Waals surface area contributed by atoms with E-state index in [1.54, 1.807) is 0 Å². The number of nitrogens with zero attached hydrogens (tertiary/aromatic N) is 1. The topological polar surface area (TPSA) is 23.5 Å². The lowest BCUT2D eigenvalue weighted by Crippen LogP contribution is -2.41. The summed E-state index contributed by atoms with van der Waals surface area (Å²) in [7, 11) is 0. The van der Waals surface area contributed by atoms with Gasteiger partial charge in [0.25, 0.3) is 0 Å². The van der Waals surface area contributed by atoms with Crippen LogP contribution in [-0.2, 0) is 19.4 Å². The second-order valence-electron chi connectivity index (χ2n) is 7.47. The molecule has 0 saturated carbocycles. The zero-order chi connectivity index (χ0) is 16.5. The van der Waals surface area contributed by atoms with Crippen molar-refractivity contribution in [3.05, 3.63) is 59.2 Å². The van der Waals surface area contributed by atoms with Crippen molar-refractivity contribution in [2.45, 2.75) is 57.7 Å². The average molecular weight is 321 g/mol. The number of likely N-dealkylation sites (tertiary alicyclic amines) is 1. The molecule has 0 radical (unpaired) electrons. The summed E-state index contributed by atoms with van der Waals surface area (Å²) < 4.78 is 0. The lowest BCUT2D eigenvalue weighted by Gasteiger charge is -2.35. The van der Waals surface area contributed by atoms with E-state index in [-0.39, 0.29) is 6.61 Å². The van der Waals surface area contributed by atoms with Crippen LogP contribution in [0.15, 0.2) is 42.5 Å². The van der Waals surface area contributed by atoms with Crippen molar-refractivity contribution in [1.29, 1.82) is 0 Å². The van der Waals surface area contributed by atoms with Gasteiger partial charge in [0, 0.05) is 12.1 Å². The van der Waals surface area contributed by atoms with Crippen molar-refractivity contribution in [2.75, 3.05) is 6.54 Å². The third-order valence-electron chi connectivity index (χ3n) is 5.92. The largest absolute Gasteiger partial charge is 0.392 e. The molecule has 2 atom stereocenters. The van der Waals surface area contributed by atoms with Gasteiger partial charge in [0.15, 0.2) is 0 Å². The van der Waals surface area contributed by atoms with E-state index in [4.69, 9.17) is 0 Å². The fraction of sp³-hybridized carbons (Fsp3) is 0.455. The molecule has 0 spiro atoms. The molecule has 2 aliphatic rings. The summed E-state index contributed by atoms with van der Waals surface area (Å²) >= 11 is 0. The van der Waals surface area contributed by atoms with E-state index in [9.17, 15) is 5.11 Å². The molecule has 24 heavy (non-hydrogen) atoms. The van der Waals surface area contributed by atoms with Crippen LogP contribution in [0.25, 0.3) is 11.1 Å². The summed E-state index contributed by atoms with van der Waals surface area (Å²) in [6, 6.07) is 16.7. The fourth-order valence-electron chi connectivity index (χ4n) is 4.55. The van der Waals surface area contributed by atoms with Crippen molar-refractivity contribution in [3.8, 4) is 11.1 Å². The van der Waals surface area contributed by atoms with Crippen LogP contribution in [0.5, 0.6) is 0 Å². The first-order valence-corrected chi connectivity index (χ1v) is 9.32. The van der Waals surface area contributed by atoms with Gasteiger partial charge in [0.05, 0.1) is 6.61 Å². The highest BCUT2D eigenvalue weighted by Gasteiger charge is 2.30. The Morgan fingerprint density at radius 2 is 1.92 bits per heavy atom. The molecule has 4 rings (SSSR count). The molecule has 2 nitrogen and oxygen atoms in total. The van der Waals surface area contributed by atoms with Crippen LogP contribution in [0, 0.1) is 0 Å². The zero-order valence-corrected chi connectivity index (χ0v) is 14.5. The molecule has 1 aliphatic heterocycles. The number of hydrogen-bond acceptors (Lipinski definition) is 2. The van der Waals surface area contributed by atoms with E-state index in [1.807, 2.05) is 12.1 Å². The Morgan fingerprint density at radius 1 is 1.04 bits per heavy atom. The van der Waals surface area contributed by atoms with Crippen molar-refractivity contribution in [3.63, 3.8) is 0 Å². The Bertz CT molecular complexity index is 724. The number of fused-ring (bicyclic) bond motifs is 1. The van der Waals surface area contributed by atoms with E-state index >= 15 is 0 Å². The van der Waals surface area contributed by atoms with Gasteiger partial charge in [-0.1, -0.05) is 36.4 Å². The maximum atomic E-state index is 9.35. The minimum Gasteiger partial charge on any atom is -0.392 e. The van der Waals surface area contributed by atoms with Crippen LogP contribution < -0.4 is 0 Å². The summed E-state index contributed by atoms with van der Waals surface area (Å²) in [6.45, 7) is 3.78. The first-order chi connectivity index (χ1) is 11.7. The van der Waals surface area contributed by atoms with E-state index < -0.39 is 0 Å². The van der Waals surface area contributed by atoms with Crippen molar-refractivity contribution < 1.29 is 5.11 Å². The number of hydrogen-bond donors (Lipinski definition) is 1. The Balaban J connectivity index is 1.56. The third kappa shape index (κ3) is 3.01. The first-order valence-electron chi connectivity index (χ1n) is 9.32. The Morgan fingerprint density at radius 3 is 2.71 bits per heavy atom. The standard InChI is InChI=1S/C22H27NO/c1-16-4-3-11-23(16)22-10-9-20-13-19(7-8-21(20)14-22)18-6-2-5-17(12-18)15-24/h2,5-8,12-13,16,22,24H,3-4,9-11,14-15H2,1H3. The zero-order valence-electron chi connectivity index (χ0n) is 14.5. The molecular weight excluding hydrogens is 294 g/mol. The van der Waals surface area contributed by atoms with Crippen molar-refractivity contribution in [2.24, 2.45) is 0 Å². The third-order valence-corrected chi connectivity index (χ3v) is 5.92. The summed E-state index contributed by atoms with van der Waals surface area (Å²) in [5.74, 6) is 0. The second-order valence-corrected chi connectivity index (χ2v) is 7.47. The van der Waals surface area contributed by atoms with Gasteiger partial charge >= 0.3 is 0 Å². The molecule has 0 bridgehead atoms. The monoisotopic (exact) mass is 321 g/mol. The fourth-order valence-corrected chi connectivity index (χ4v) is 4.55. The SMILES string of the molecule is CC1CCCN1C1CCc2cc(-c3cccc(CO)c3)ccc2C1. The minimum absolute atomic E-state index is 0.106. The van der Waals surface area contributed by atoms with Crippen molar-refractivity contribution >= 4 is 0 Å². The van der Waals surface area contributed by atoms with Crippen LogP contribution in [0.3, 0.4) is 0 Å². The number of aliphatic hydroxyl groups is 1. The number of rotatable bonds is 3. The maximum Gasteiger partial charge on any atom is 0.0682 e. The van der Waals surface area contributed by atoms with Crippen LogP contribution in [0.4, 0.5) is 0 Å². The Kier molecular flexibility index (Phi) is 4.43. The molecule has 1 saturated heterocycles. The molecule has 0 aromatic heterocycles. The van der Waals surface area contributed by atoms with Gasteiger partial charge in [0.1, 0.15) is 0 Å². The molecule has 1 aliphatic carbocycles. The average Bonchev–Trinajstić information content (AvgIpc) is 3.07. The predicted molar refractivity (Wildman–Crippen MR) is 99.0 cm³/mol. The predicted octanol–water partition coefficient (Wildman–Crippen LogP) is 4.19. The molecule has 1 heterocycles. The van der Waals surface area contributed by atoms with E-state index in [2.05, 4.69) is 42.2 Å². The molecule has 1 fully saturated rings. The minimum atomic E-state index is 0.106. The summed E-state index contributed by atoms with van der Waals surface area (Å²) in [6.07, 6.45) is 6.42. The molecule has 0 amide bonds. The summed E-state index contributed by atoms with van der Waals surface area (Å²) in [5, 5.41) is 9.35. The Hall–Kier alpha value is -1.64. The van der Waals surface area contributed by atoms with Crippen LogP contribution in [0.2, 0.25) is 0 Å². The van der Waals surface area contributed by atoms with Crippen LogP contribution in [0.1, 0.15) is 42.9 Å². The van der Waals surface area contributed by atoms with Gasteiger partial charge in [-0.15, -0.1) is 0 Å². The summed E-state index contributed by atoms with van der Waals surface area (Å²) in [4.78, 5) is 2.74. The smallest absolute Gasteiger partial charge is 0.0682 e. The Labute approximate surface area is 145 Å². The quantitative estimate of drug-likeness (QED) is 0.916. The number of aliphatic hydroxyl groups excluding tert-OH is 1. The lowest BCUT2D eigenvalue weighted by atomic mass is 9.85. The van der Waals surface area contributed by atoms with Crippen molar-refractivity contribution in [1.82, 2.24) is 4.90 Å². The van der Waals surface area contributed by atoms with Gasteiger partial charge in [-0.2, -0.15) is 0 Å². The molecule has 2 heteroatoms. The number of benzene rings is 2. The van der Waals surface area contributed by atoms with Gasteiger partial charge < -0.3 is 5.11 Å². The van der Waals surface area contributed by atoms with E-state index in [0.29, 0.717) is 0 Å². The second kappa shape index (κ2) is 6.70. The first kappa shape index (κ1) is 15.9. The highest BCUT2D eigenvalue weighted by Crippen LogP contribution is 2.32. The van der Waals surface area contributed by atoms with Gasteiger partial charge in [0.2, 0.25) is 0 Å². The van der Waals surface area contributed by atoms with Gasteiger partial charge in [-0.25, -0.2) is 0 Å². The molecule has 126 valence electrons. The summed E-state index contributed by atoms with van der Waals surface area (Å²) in [5.41, 5.74) is 6.52. The van der Waals surface area contributed by atoms with E-state index in [0.717, 1.165) is 17.6 Å². The number of aryl methyl sites for hydroxylation is 1. The molecule has 2 unspecified atom stereocenters. The molecular formula is C22H27NO. The van der Waals surface area contributed by atoms with Crippen LogP contribution >= 0.6 is 0 Å². The molecule has 1 N–H and O–H groups in total. The highest BCUT2D eigenvalue weighted by molar-refractivity contribution is 5.66. The molecule has 2 aromatic rings. The van der Waals surface area contributed by atoms with Crippen LogP contribution in [-0.4, -0.2) is 28.6 Å². The van der Waals surface area contributed by atoms with Gasteiger partial charge in [-0.3, -0.25) is 4.90 Å².